The Hall–Kier alpha value is -1.34. The Morgan fingerprint density at radius 2 is 2.00 bits per heavy atom. The number of aromatic nitrogens is 2. The van der Waals surface area contributed by atoms with Crippen molar-refractivity contribution in [1.29, 1.82) is 0 Å². The molecule has 5 nitrogen and oxygen atoms in total. The molecule has 2 heterocycles. The van der Waals surface area contributed by atoms with Gasteiger partial charge in [0.25, 0.3) is 5.56 Å². The van der Waals surface area contributed by atoms with E-state index in [1.54, 1.807) is 11.3 Å². The summed E-state index contributed by atoms with van der Waals surface area (Å²) in [6, 6.07) is 0.0620. The number of carbonyl (C=O) groups excluding carboxylic acids is 1. The monoisotopic (exact) mass is 421 g/mol. The maximum Gasteiger partial charge on any atom is 0.263 e. The highest BCUT2D eigenvalue weighted by Crippen LogP contribution is 2.34. The molecule has 0 fully saturated rings. The first-order chi connectivity index (χ1) is 13.4. The first-order valence-electron chi connectivity index (χ1n) is 10.4. The summed E-state index contributed by atoms with van der Waals surface area (Å²) in [7, 11) is 0. The van der Waals surface area contributed by atoms with E-state index in [4.69, 9.17) is 4.98 Å². The molecule has 1 unspecified atom stereocenters. The largest absolute Gasteiger partial charge is 0.355 e. The van der Waals surface area contributed by atoms with Crippen LogP contribution in [0.2, 0.25) is 0 Å². The molecule has 1 N–H and O–H groups in total. The van der Waals surface area contributed by atoms with Gasteiger partial charge < -0.3 is 5.32 Å². The first kappa shape index (κ1) is 21.4. The molecule has 154 valence electrons. The van der Waals surface area contributed by atoms with Gasteiger partial charge in [-0.25, -0.2) is 4.98 Å². The van der Waals surface area contributed by atoms with E-state index < -0.39 is 0 Å². The molecule has 0 spiro atoms. The van der Waals surface area contributed by atoms with Gasteiger partial charge in [-0.1, -0.05) is 39.0 Å². The average molecular weight is 422 g/mol. The summed E-state index contributed by atoms with van der Waals surface area (Å²) in [5.41, 5.74) is 1.31. The van der Waals surface area contributed by atoms with Crippen LogP contribution in [0.3, 0.4) is 0 Å². The van der Waals surface area contributed by atoms with Gasteiger partial charge in [-0.2, -0.15) is 0 Å². The Balaban J connectivity index is 1.97. The minimum atomic E-state index is -0.00860. The van der Waals surface area contributed by atoms with Crippen LogP contribution in [-0.4, -0.2) is 27.8 Å². The van der Waals surface area contributed by atoms with Gasteiger partial charge in [-0.15, -0.1) is 11.3 Å². The number of hydrogen-bond acceptors (Lipinski definition) is 5. The lowest BCUT2D eigenvalue weighted by molar-refractivity contribution is -0.118. The standard InChI is InChI=1S/C21H31N3O2S2/c1-5-14(4)24-20(26)18-15-9-7-6-8-10-16(15)28-19(18)23-21(24)27-12-17(25)22-11-13(2)3/h13-14H,5-12H2,1-4H3,(H,22,25). The molecule has 0 saturated heterocycles. The lowest BCUT2D eigenvalue weighted by Crippen LogP contribution is -2.30. The molecule has 2 aromatic rings. The third-order valence-corrected chi connectivity index (χ3v) is 7.45. The Bertz CT molecular complexity index is 901. The van der Waals surface area contributed by atoms with E-state index in [0.717, 1.165) is 35.9 Å². The van der Waals surface area contributed by atoms with E-state index in [1.165, 1.54) is 35.0 Å². The molecule has 3 rings (SSSR count). The second kappa shape index (κ2) is 9.44. The van der Waals surface area contributed by atoms with Crippen molar-refractivity contribution in [2.75, 3.05) is 12.3 Å². The van der Waals surface area contributed by atoms with E-state index in [-0.39, 0.29) is 23.3 Å². The molecule has 0 saturated carbocycles. The first-order valence-corrected chi connectivity index (χ1v) is 12.2. The smallest absolute Gasteiger partial charge is 0.263 e. The van der Waals surface area contributed by atoms with Crippen molar-refractivity contribution in [3.8, 4) is 0 Å². The number of thioether (sulfide) groups is 1. The minimum absolute atomic E-state index is 0.00860. The molecular weight excluding hydrogens is 390 g/mol. The molecule has 7 heteroatoms. The molecule has 0 bridgehead atoms. The summed E-state index contributed by atoms with van der Waals surface area (Å²) < 4.78 is 1.82. The van der Waals surface area contributed by atoms with Gasteiger partial charge in [-0.3, -0.25) is 14.2 Å². The fourth-order valence-electron chi connectivity index (χ4n) is 3.55. The summed E-state index contributed by atoms with van der Waals surface area (Å²) in [5.74, 6) is 0.695. The van der Waals surface area contributed by atoms with E-state index >= 15 is 0 Å². The van der Waals surface area contributed by atoms with Crippen LogP contribution in [-0.2, 0) is 17.6 Å². The van der Waals surface area contributed by atoms with Crippen molar-refractivity contribution in [2.24, 2.45) is 5.92 Å². The number of carbonyl (C=O) groups is 1. The normalized spacial score (nSPS) is 15.5. The second-order valence-electron chi connectivity index (χ2n) is 8.06. The maximum absolute atomic E-state index is 13.5. The molecule has 0 aromatic carbocycles. The number of nitrogens with zero attached hydrogens (tertiary/aromatic N) is 2. The number of amides is 1. The summed E-state index contributed by atoms with van der Waals surface area (Å²) in [5, 5.41) is 4.44. The van der Waals surface area contributed by atoms with Gasteiger partial charge in [-0.05, 0) is 50.5 Å². The van der Waals surface area contributed by atoms with E-state index in [0.29, 0.717) is 17.6 Å². The van der Waals surface area contributed by atoms with Gasteiger partial charge in [0.05, 0.1) is 11.1 Å². The summed E-state index contributed by atoms with van der Waals surface area (Å²) in [6.45, 7) is 8.96. The maximum atomic E-state index is 13.5. The highest BCUT2D eigenvalue weighted by Gasteiger charge is 2.23. The van der Waals surface area contributed by atoms with Gasteiger partial charge in [0.1, 0.15) is 4.83 Å². The molecule has 28 heavy (non-hydrogen) atoms. The van der Waals surface area contributed by atoms with Crippen LogP contribution < -0.4 is 10.9 Å². The van der Waals surface area contributed by atoms with Crippen LogP contribution in [0, 0.1) is 5.92 Å². The van der Waals surface area contributed by atoms with Crippen molar-refractivity contribution in [2.45, 2.75) is 77.4 Å². The van der Waals surface area contributed by atoms with Crippen LogP contribution in [0.1, 0.15) is 69.9 Å². The molecular formula is C21H31N3O2S2. The Labute approximate surface area is 175 Å². The fraction of sp³-hybridized carbons (Fsp3) is 0.667. The van der Waals surface area contributed by atoms with E-state index in [9.17, 15) is 9.59 Å². The number of hydrogen-bond donors (Lipinski definition) is 1. The SMILES string of the molecule is CCC(C)n1c(SCC(=O)NCC(C)C)nc2sc3c(c2c1=O)CCCCC3. The molecule has 0 radical (unpaired) electrons. The predicted octanol–water partition coefficient (Wildman–Crippen LogP) is 4.56. The van der Waals surface area contributed by atoms with E-state index in [1.807, 2.05) is 4.57 Å². The third-order valence-electron chi connectivity index (χ3n) is 5.31. The summed E-state index contributed by atoms with van der Waals surface area (Å²) in [6.07, 6.45) is 6.46. The number of nitrogens with one attached hydrogen (secondary N) is 1. The minimum Gasteiger partial charge on any atom is -0.355 e. The number of aryl methyl sites for hydroxylation is 2. The average Bonchev–Trinajstić information content (AvgIpc) is 2.85. The van der Waals surface area contributed by atoms with Crippen LogP contribution >= 0.6 is 23.1 Å². The number of rotatable bonds is 7. The molecule has 0 aliphatic heterocycles. The molecule has 1 aliphatic carbocycles. The molecule has 1 amide bonds. The zero-order chi connectivity index (χ0) is 20.3. The second-order valence-corrected chi connectivity index (χ2v) is 10.1. The Morgan fingerprint density at radius 3 is 2.71 bits per heavy atom. The molecule has 1 atom stereocenters. The summed E-state index contributed by atoms with van der Waals surface area (Å²) >= 11 is 3.06. The van der Waals surface area contributed by atoms with Crippen LogP contribution in [0.4, 0.5) is 0 Å². The zero-order valence-corrected chi connectivity index (χ0v) is 19.0. The topological polar surface area (TPSA) is 64.0 Å². The van der Waals surface area contributed by atoms with Crippen molar-refractivity contribution < 1.29 is 4.79 Å². The van der Waals surface area contributed by atoms with Crippen molar-refractivity contribution in [3.05, 3.63) is 20.8 Å². The van der Waals surface area contributed by atoms with Gasteiger partial charge in [0.15, 0.2) is 5.16 Å². The molecule has 2 aromatic heterocycles. The zero-order valence-electron chi connectivity index (χ0n) is 17.3. The van der Waals surface area contributed by atoms with Crippen molar-refractivity contribution >= 4 is 39.2 Å². The van der Waals surface area contributed by atoms with Crippen LogP contribution in [0.5, 0.6) is 0 Å². The number of thiophene rings is 1. The lowest BCUT2D eigenvalue weighted by atomic mass is 10.1. The van der Waals surface area contributed by atoms with Crippen LogP contribution in [0.25, 0.3) is 10.2 Å². The third kappa shape index (κ3) is 4.62. The summed E-state index contributed by atoms with van der Waals surface area (Å²) in [4.78, 5) is 32.7. The predicted molar refractivity (Wildman–Crippen MR) is 119 cm³/mol. The van der Waals surface area contributed by atoms with E-state index in [2.05, 4.69) is 33.0 Å². The van der Waals surface area contributed by atoms with Gasteiger partial charge in [0, 0.05) is 17.5 Å². The lowest BCUT2D eigenvalue weighted by Gasteiger charge is -2.17. The van der Waals surface area contributed by atoms with Gasteiger partial charge in [0.2, 0.25) is 5.91 Å². The van der Waals surface area contributed by atoms with Crippen molar-refractivity contribution in [1.82, 2.24) is 14.9 Å². The fourth-order valence-corrected chi connectivity index (χ4v) is 5.78. The Morgan fingerprint density at radius 1 is 1.25 bits per heavy atom. The highest BCUT2D eigenvalue weighted by atomic mass is 32.2. The highest BCUT2D eigenvalue weighted by molar-refractivity contribution is 7.99. The quantitative estimate of drug-likeness (QED) is 0.404. The Kier molecular flexibility index (Phi) is 7.20. The molecule has 1 aliphatic rings. The van der Waals surface area contributed by atoms with Crippen LogP contribution in [0.15, 0.2) is 9.95 Å². The number of fused-ring (bicyclic) bond motifs is 3. The van der Waals surface area contributed by atoms with Gasteiger partial charge >= 0.3 is 0 Å². The van der Waals surface area contributed by atoms with Crippen molar-refractivity contribution in [3.63, 3.8) is 0 Å².